The van der Waals surface area contributed by atoms with Gasteiger partial charge in [0.2, 0.25) is 0 Å². The van der Waals surface area contributed by atoms with Gasteiger partial charge in [-0.25, -0.2) is 0 Å². The third kappa shape index (κ3) is 10.1. The molecule has 74 valence electrons. The van der Waals surface area contributed by atoms with E-state index in [0.717, 1.165) is 25.8 Å². The first kappa shape index (κ1) is 12.1. The molecule has 0 unspecified atom stereocenters. The Bertz CT molecular complexity index is 99.2. The number of halogens is 2. The van der Waals surface area contributed by atoms with E-state index in [1.807, 2.05) is 0 Å². The second kappa shape index (κ2) is 6.58. The van der Waals surface area contributed by atoms with E-state index in [-0.39, 0.29) is 6.04 Å². The van der Waals surface area contributed by atoms with Crippen molar-refractivity contribution in [3.05, 3.63) is 0 Å². The molecule has 0 radical (unpaired) electrons. The third-order valence-corrected chi connectivity index (χ3v) is 3.20. The van der Waals surface area contributed by atoms with Crippen molar-refractivity contribution >= 4 is 8.74 Å². The summed E-state index contributed by atoms with van der Waals surface area (Å²) in [5.41, 5.74) is 0. The lowest BCUT2D eigenvalue weighted by Gasteiger charge is -2.05. The van der Waals surface area contributed by atoms with Gasteiger partial charge in [0.1, 0.15) is 0 Å². The summed E-state index contributed by atoms with van der Waals surface area (Å²) >= 11 is 0. The van der Waals surface area contributed by atoms with Crippen LogP contribution < -0.4 is 0 Å². The van der Waals surface area contributed by atoms with Gasteiger partial charge in [0.15, 0.2) is 0 Å². The van der Waals surface area contributed by atoms with Gasteiger partial charge >= 0.3 is 8.74 Å². The fraction of sp³-hybridized carbons (Fsp3) is 1.00. The average molecular weight is 194 g/mol. The molecule has 0 saturated carbocycles. The van der Waals surface area contributed by atoms with Gasteiger partial charge in [-0.05, 0) is 12.6 Å². The van der Waals surface area contributed by atoms with E-state index in [4.69, 9.17) is 0 Å². The summed E-state index contributed by atoms with van der Waals surface area (Å²) in [6, 6.07) is 0.194. The summed E-state index contributed by atoms with van der Waals surface area (Å²) in [6.07, 6.45) is 6.56. The maximum absolute atomic E-state index is 12.4. The zero-order valence-corrected chi connectivity index (χ0v) is 9.21. The molecule has 0 aliphatic heterocycles. The third-order valence-electron chi connectivity index (χ3n) is 1.97. The SMILES string of the molecule is CCCCCCCC[Si](C)(F)F. The molecule has 12 heavy (non-hydrogen) atoms. The molecular formula is C9H20F2Si. The summed E-state index contributed by atoms with van der Waals surface area (Å²) < 4.78 is 24.9. The first-order valence-corrected chi connectivity index (χ1v) is 7.40. The van der Waals surface area contributed by atoms with Crippen LogP contribution >= 0.6 is 0 Å². The molecule has 0 spiro atoms. The predicted molar refractivity (Wildman–Crippen MR) is 52.0 cm³/mol. The first-order valence-electron chi connectivity index (χ1n) is 4.94. The molecule has 0 saturated heterocycles. The Hall–Kier alpha value is 0.0769. The highest BCUT2D eigenvalue weighted by molar-refractivity contribution is 6.64. The lowest BCUT2D eigenvalue weighted by molar-refractivity contribution is 0.572. The molecule has 0 N–H and O–H groups in total. The van der Waals surface area contributed by atoms with E-state index in [1.165, 1.54) is 19.3 Å². The van der Waals surface area contributed by atoms with Gasteiger partial charge in [0.05, 0.1) is 0 Å². The van der Waals surface area contributed by atoms with Crippen LogP contribution in [-0.4, -0.2) is 8.74 Å². The van der Waals surface area contributed by atoms with Crippen LogP contribution in [0.5, 0.6) is 0 Å². The van der Waals surface area contributed by atoms with Gasteiger partial charge in [-0.1, -0.05) is 45.4 Å². The van der Waals surface area contributed by atoms with E-state index >= 15 is 0 Å². The summed E-state index contributed by atoms with van der Waals surface area (Å²) in [6.45, 7) is 3.30. The van der Waals surface area contributed by atoms with E-state index in [2.05, 4.69) is 6.92 Å². The van der Waals surface area contributed by atoms with Crippen molar-refractivity contribution < 1.29 is 8.22 Å². The van der Waals surface area contributed by atoms with Gasteiger partial charge in [0.25, 0.3) is 0 Å². The van der Waals surface area contributed by atoms with Gasteiger partial charge in [-0.2, -0.15) is 0 Å². The zero-order chi connectivity index (χ0) is 9.45. The fourth-order valence-electron chi connectivity index (χ4n) is 1.22. The molecule has 0 bridgehead atoms. The highest BCUT2D eigenvalue weighted by Crippen LogP contribution is 2.17. The average Bonchev–Trinajstić information content (AvgIpc) is 1.94. The van der Waals surface area contributed by atoms with Crippen LogP contribution in [0.25, 0.3) is 0 Å². The number of hydrogen-bond donors (Lipinski definition) is 0. The minimum absolute atomic E-state index is 0.194. The van der Waals surface area contributed by atoms with Crippen LogP contribution in [0.3, 0.4) is 0 Å². The molecule has 0 aliphatic carbocycles. The standard InChI is InChI=1S/C9H20F2Si/c1-3-4-5-6-7-8-9-12(2,10)11/h3-9H2,1-2H3. The maximum Gasteiger partial charge on any atom is 0.422 e. The molecule has 0 amide bonds. The zero-order valence-electron chi connectivity index (χ0n) is 8.21. The second-order valence-corrected chi connectivity index (χ2v) is 6.23. The molecule has 0 heterocycles. The lowest BCUT2D eigenvalue weighted by Crippen LogP contribution is -2.15. The summed E-state index contributed by atoms with van der Waals surface area (Å²) in [4.78, 5) is 0. The molecular weight excluding hydrogens is 174 g/mol. The Morgan fingerprint density at radius 3 is 1.92 bits per heavy atom. The highest BCUT2D eigenvalue weighted by atomic mass is 28.4. The van der Waals surface area contributed by atoms with Crippen LogP contribution in [0, 0.1) is 0 Å². The Balaban J connectivity index is 3.01. The highest BCUT2D eigenvalue weighted by Gasteiger charge is 2.26. The summed E-state index contributed by atoms with van der Waals surface area (Å²) in [5, 5.41) is 0. The predicted octanol–water partition coefficient (Wildman–Crippen LogP) is 4.36. The number of hydrogen-bond acceptors (Lipinski definition) is 0. The summed E-state index contributed by atoms with van der Waals surface area (Å²) in [7, 11) is -3.73. The minimum atomic E-state index is -3.73. The van der Waals surface area contributed by atoms with Crippen molar-refractivity contribution in [1.82, 2.24) is 0 Å². The van der Waals surface area contributed by atoms with Crippen LogP contribution in [0.1, 0.15) is 45.4 Å². The Morgan fingerprint density at radius 2 is 1.42 bits per heavy atom. The molecule has 0 aromatic carbocycles. The first-order chi connectivity index (χ1) is 5.56. The fourth-order valence-corrected chi connectivity index (χ4v) is 2.09. The molecule has 0 rings (SSSR count). The van der Waals surface area contributed by atoms with Crippen LogP contribution in [0.15, 0.2) is 0 Å². The van der Waals surface area contributed by atoms with Crippen molar-refractivity contribution in [3.8, 4) is 0 Å². The Labute approximate surface area is 75.7 Å². The lowest BCUT2D eigenvalue weighted by atomic mass is 10.1. The van der Waals surface area contributed by atoms with Gasteiger partial charge < -0.3 is 0 Å². The van der Waals surface area contributed by atoms with E-state index in [0.29, 0.717) is 0 Å². The molecule has 0 aromatic rings. The number of rotatable bonds is 7. The molecule has 0 aliphatic rings. The van der Waals surface area contributed by atoms with E-state index in [1.54, 1.807) is 0 Å². The van der Waals surface area contributed by atoms with Crippen molar-refractivity contribution in [3.63, 3.8) is 0 Å². The van der Waals surface area contributed by atoms with Crippen LogP contribution in [0.4, 0.5) is 8.22 Å². The smallest absolute Gasteiger partial charge is 0.271 e. The monoisotopic (exact) mass is 194 g/mol. The molecule has 0 fully saturated rings. The molecule has 0 nitrogen and oxygen atoms in total. The van der Waals surface area contributed by atoms with Crippen molar-refractivity contribution in [2.75, 3.05) is 0 Å². The topological polar surface area (TPSA) is 0 Å². The normalized spacial score (nSPS) is 12.0. The van der Waals surface area contributed by atoms with Crippen molar-refractivity contribution in [2.45, 2.75) is 58.0 Å². The largest absolute Gasteiger partial charge is 0.422 e. The quantitative estimate of drug-likeness (QED) is 0.321. The number of unbranched alkanes of at least 4 members (excludes halogenated alkanes) is 5. The second-order valence-electron chi connectivity index (χ2n) is 3.59. The van der Waals surface area contributed by atoms with Crippen LogP contribution in [0.2, 0.25) is 12.6 Å². The summed E-state index contributed by atoms with van der Waals surface area (Å²) in [5.74, 6) is 0. The molecule has 0 aromatic heterocycles. The van der Waals surface area contributed by atoms with Gasteiger partial charge in [0, 0.05) is 0 Å². The van der Waals surface area contributed by atoms with Crippen LogP contribution in [-0.2, 0) is 0 Å². The van der Waals surface area contributed by atoms with E-state index in [9.17, 15) is 8.22 Å². The van der Waals surface area contributed by atoms with Crippen molar-refractivity contribution in [1.29, 1.82) is 0 Å². The van der Waals surface area contributed by atoms with Crippen molar-refractivity contribution in [2.24, 2.45) is 0 Å². The maximum atomic E-state index is 12.4. The van der Waals surface area contributed by atoms with Gasteiger partial charge in [-0.3, -0.25) is 8.22 Å². The Morgan fingerprint density at radius 1 is 0.917 bits per heavy atom. The minimum Gasteiger partial charge on any atom is -0.271 e. The van der Waals surface area contributed by atoms with E-state index < -0.39 is 8.74 Å². The van der Waals surface area contributed by atoms with Gasteiger partial charge in [-0.15, -0.1) is 0 Å². The Kier molecular flexibility index (Phi) is 6.62. The molecule has 0 atom stereocenters. The molecule has 3 heteroatoms.